The van der Waals surface area contributed by atoms with Crippen LogP contribution in [0.25, 0.3) is 0 Å². The molecular formula is C17H18F3N3O2S. The predicted molar refractivity (Wildman–Crippen MR) is 92.7 cm³/mol. The van der Waals surface area contributed by atoms with E-state index in [1.165, 1.54) is 16.2 Å². The van der Waals surface area contributed by atoms with Crippen LogP contribution in [-0.4, -0.2) is 34.8 Å². The number of benzene rings is 1. The van der Waals surface area contributed by atoms with Gasteiger partial charge in [0.1, 0.15) is 11.4 Å². The summed E-state index contributed by atoms with van der Waals surface area (Å²) >= 11 is 1.23. The summed E-state index contributed by atoms with van der Waals surface area (Å²) < 4.78 is 39.9. The molecule has 1 aromatic heterocycles. The van der Waals surface area contributed by atoms with Crippen molar-refractivity contribution in [3.8, 4) is 0 Å². The normalized spacial score (nSPS) is 10.7. The summed E-state index contributed by atoms with van der Waals surface area (Å²) in [7, 11) is 0. The van der Waals surface area contributed by atoms with Crippen molar-refractivity contribution in [2.24, 2.45) is 0 Å². The van der Waals surface area contributed by atoms with E-state index in [4.69, 9.17) is 0 Å². The van der Waals surface area contributed by atoms with Gasteiger partial charge in [0.15, 0.2) is 17.5 Å². The highest BCUT2D eigenvalue weighted by atomic mass is 32.1. The summed E-state index contributed by atoms with van der Waals surface area (Å²) in [6.07, 6.45) is 0.607. The van der Waals surface area contributed by atoms with E-state index in [0.717, 1.165) is 11.1 Å². The molecule has 0 bridgehead atoms. The fraction of sp³-hybridized carbons (Fsp3) is 0.353. The highest BCUT2D eigenvalue weighted by molar-refractivity contribution is 7.13. The Hall–Kier alpha value is -2.42. The number of aryl methyl sites for hydroxylation is 2. The summed E-state index contributed by atoms with van der Waals surface area (Å²) in [4.78, 5) is 30.8. The molecule has 2 aromatic rings. The van der Waals surface area contributed by atoms with Crippen LogP contribution in [0.15, 0.2) is 12.1 Å². The Bertz CT molecular complexity index is 839. The lowest BCUT2D eigenvalue weighted by Gasteiger charge is -2.21. The second-order valence-electron chi connectivity index (χ2n) is 5.65. The molecule has 0 aliphatic rings. The summed E-state index contributed by atoms with van der Waals surface area (Å²) in [5.41, 5.74) is 0.0910. The van der Waals surface area contributed by atoms with Gasteiger partial charge in [-0.1, -0.05) is 6.92 Å². The minimum atomic E-state index is -1.67. The number of thiazole rings is 1. The molecule has 2 amide bonds. The number of nitrogens with one attached hydrogen (secondary N) is 1. The number of hydrogen-bond acceptors (Lipinski definition) is 4. The van der Waals surface area contributed by atoms with Crippen molar-refractivity contribution >= 4 is 28.8 Å². The molecule has 1 N–H and O–H groups in total. The van der Waals surface area contributed by atoms with Crippen molar-refractivity contribution in [1.29, 1.82) is 0 Å². The SMILES string of the molecule is CCCN(CC(=O)Nc1ccc(F)c(F)c1F)C(=O)c1sc(C)nc1C. The molecule has 140 valence electrons. The lowest BCUT2D eigenvalue weighted by Crippen LogP contribution is -2.38. The molecule has 0 aliphatic heterocycles. The number of carbonyl (C=O) groups is 2. The summed E-state index contributed by atoms with van der Waals surface area (Å²) in [5.74, 6) is -5.56. The average Bonchev–Trinajstić information content (AvgIpc) is 2.92. The van der Waals surface area contributed by atoms with E-state index in [0.29, 0.717) is 29.6 Å². The molecule has 0 spiro atoms. The van der Waals surface area contributed by atoms with Crippen LogP contribution in [0.1, 0.15) is 33.7 Å². The average molecular weight is 385 g/mol. The molecule has 9 heteroatoms. The number of hydrogen-bond donors (Lipinski definition) is 1. The summed E-state index contributed by atoms with van der Waals surface area (Å²) in [6.45, 7) is 5.29. The van der Waals surface area contributed by atoms with Gasteiger partial charge in [0, 0.05) is 6.54 Å². The van der Waals surface area contributed by atoms with E-state index < -0.39 is 29.0 Å². The van der Waals surface area contributed by atoms with Crippen molar-refractivity contribution in [2.75, 3.05) is 18.4 Å². The zero-order valence-corrected chi connectivity index (χ0v) is 15.3. The molecule has 0 fully saturated rings. The summed E-state index contributed by atoms with van der Waals surface area (Å²) in [5, 5.41) is 2.90. The minimum absolute atomic E-state index is 0.308. The molecule has 1 heterocycles. The van der Waals surface area contributed by atoms with Crippen LogP contribution in [0.2, 0.25) is 0 Å². The lowest BCUT2D eigenvalue weighted by atomic mass is 10.2. The molecule has 0 saturated heterocycles. The molecule has 5 nitrogen and oxygen atoms in total. The fourth-order valence-corrected chi connectivity index (χ4v) is 3.27. The van der Waals surface area contributed by atoms with Gasteiger partial charge in [-0.05, 0) is 32.4 Å². The fourth-order valence-electron chi connectivity index (χ4n) is 2.38. The molecule has 0 radical (unpaired) electrons. The Morgan fingerprint density at radius 1 is 1.19 bits per heavy atom. The van der Waals surface area contributed by atoms with Gasteiger partial charge in [-0.25, -0.2) is 18.2 Å². The van der Waals surface area contributed by atoms with Crippen molar-refractivity contribution in [2.45, 2.75) is 27.2 Å². The number of aromatic nitrogens is 1. The Kier molecular flexibility index (Phi) is 6.36. The number of anilines is 1. The quantitative estimate of drug-likeness (QED) is 0.772. The van der Waals surface area contributed by atoms with Gasteiger partial charge < -0.3 is 10.2 Å². The van der Waals surface area contributed by atoms with Crippen molar-refractivity contribution in [1.82, 2.24) is 9.88 Å². The molecule has 2 rings (SSSR count). The van der Waals surface area contributed by atoms with E-state index in [1.54, 1.807) is 13.8 Å². The van der Waals surface area contributed by atoms with Gasteiger partial charge in [-0.3, -0.25) is 9.59 Å². The molecule has 26 heavy (non-hydrogen) atoms. The lowest BCUT2D eigenvalue weighted by molar-refractivity contribution is -0.116. The maximum absolute atomic E-state index is 13.7. The first-order valence-corrected chi connectivity index (χ1v) is 8.72. The van der Waals surface area contributed by atoms with Gasteiger partial charge >= 0.3 is 0 Å². The monoisotopic (exact) mass is 385 g/mol. The predicted octanol–water partition coefficient (Wildman–Crippen LogP) is 3.67. The van der Waals surface area contributed by atoms with E-state index >= 15 is 0 Å². The third kappa shape index (κ3) is 4.40. The maximum Gasteiger partial charge on any atom is 0.266 e. The molecular weight excluding hydrogens is 367 g/mol. The molecule has 0 atom stereocenters. The molecule has 0 unspecified atom stereocenters. The van der Waals surface area contributed by atoms with E-state index in [1.807, 2.05) is 6.92 Å². The third-order valence-corrected chi connectivity index (χ3v) is 4.58. The van der Waals surface area contributed by atoms with Gasteiger partial charge in [0.05, 0.1) is 16.4 Å². The Balaban J connectivity index is 2.14. The number of amides is 2. The van der Waals surface area contributed by atoms with Crippen LogP contribution in [-0.2, 0) is 4.79 Å². The van der Waals surface area contributed by atoms with Crippen molar-refractivity contribution < 1.29 is 22.8 Å². The first kappa shape index (κ1) is 19.9. The topological polar surface area (TPSA) is 62.3 Å². The smallest absolute Gasteiger partial charge is 0.266 e. The van der Waals surface area contributed by atoms with E-state index in [2.05, 4.69) is 10.3 Å². The minimum Gasteiger partial charge on any atom is -0.329 e. The zero-order chi connectivity index (χ0) is 19.4. The first-order chi connectivity index (χ1) is 12.2. The second kappa shape index (κ2) is 8.31. The number of nitrogens with zero attached hydrogens (tertiary/aromatic N) is 2. The molecule has 1 aromatic carbocycles. The Morgan fingerprint density at radius 3 is 2.46 bits per heavy atom. The number of halogens is 3. The highest BCUT2D eigenvalue weighted by Gasteiger charge is 2.23. The maximum atomic E-state index is 13.7. The third-order valence-electron chi connectivity index (χ3n) is 3.52. The Morgan fingerprint density at radius 2 is 1.88 bits per heavy atom. The zero-order valence-electron chi connectivity index (χ0n) is 14.5. The van der Waals surface area contributed by atoms with E-state index in [9.17, 15) is 22.8 Å². The van der Waals surface area contributed by atoms with Crippen molar-refractivity contribution in [3.05, 3.63) is 45.2 Å². The van der Waals surface area contributed by atoms with Gasteiger partial charge in [0.25, 0.3) is 5.91 Å². The number of rotatable bonds is 6. The molecule has 0 aliphatic carbocycles. The first-order valence-electron chi connectivity index (χ1n) is 7.91. The Labute approximate surface area is 152 Å². The number of carbonyl (C=O) groups excluding carboxylic acids is 2. The second-order valence-corrected chi connectivity index (χ2v) is 6.85. The van der Waals surface area contributed by atoms with Crippen molar-refractivity contribution in [3.63, 3.8) is 0 Å². The standard InChI is InChI=1S/C17H18F3N3O2S/c1-4-7-23(17(25)16-9(2)21-10(3)26-16)8-13(24)22-12-6-5-11(18)14(19)15(12)20/h5-6H,4,7-8H2,1-3H3,(H,22,24). The van der Waals surface area contributed by atoms with Crippen LogP contribution < -0.4 is 5.32 Å². The molecule has 0 saturated carbocycles. The van der Waals surface area contributed by atoms with Gasteiger partial charge in [-0.2, -0.15) is 0 Å². The largest absolute Gasteiger partial charge is 0.329 e. The van der Waals surface area contributed by atoms with Crippen LogP contribution in [0.5, 0.6) is 0 Å². The highest BCUT2D eigenvalue weighted by Crippen LogP contribution is 2.21. The van der Waals surface area contributed by atoms with Gasteiger partial charge in [-0.15, -0.1) is 11.3 Å². The van der Waals surface area contributed by atoms with Crippen LogP contribution >= 0.6 is 11.3 Å². The van der Waals surface area contributed by atoms with Crippen LogP contribution in [0, 0.1) is 31.3 Å². The van der Waals surface area contributed by atoms with E-state index in [-0.39, 0.29) is 12.5 Å². The van der Waals surface area contributed by atoms with Gasteiger partial charge in [0.2, 0.25) is 5.91 Å². The van der Waals surface area contributed by atoms with Crippen LogP contribution in [0.4, 0.5) is 18.9 Å². The van der Waals surface area contributed by atoms with Crippen LogP contribution in [0.3, 0.4) is 0 Å². The summed E-state index contributed by atoms with van der Waals surface area (Å²) in [6, 6.07) is 1.64.